The molecule has 0 fully saturated rings. The summed E-state index contributed by atoms with van der Waals surface area (Å²) in [6, 6.07) is 45.8. The molecule has 0 bridgehead atoms. The lowest BCUT2D eigenvalue weighted by Gasteiger charge is -2.21. The van der Waals surface area contributed by atoms with E-state index in [1.165, 1.54) is 4.57 Å². The zero-order valence-electron chi connectivity index (χ0n) is 44.7. The summed E-state index contributed by atoms with van der Waals surface area (Å²) in [5.41, 5.74) is 5.57. The Balaban J connectivity index is 1.26. The van der Waals surface area contributed by atoms with Crippen molar-refractivity contribution in [3.8, 4) is 34.1 Å². The highest BCUT2D eigenvalue weighted by Gasteiger charge is 2.25. The monoisotopic (exact) mass is 826 g/mol. The van der Waals surface area contributed by atoms with E-state index in [9.17, 15) is 9.60 Å². The van der Waals surface area contributed by atoms with E-state index >= 15 is 0 Å². The highest BCUT2D eigenvalue weighted by molar-refractivity contribution is 6.13. The average Bonchev–Trinajstić information content (AvgIpc) is 4.29. The molecule has 0 saturated carbocycles. The second-order valence-corrected chi connectivity index (χ2v) is 15.9. The number of hydrogen-bond acceptors (Lipinski definition) is 1. The number of hydrogen-bond donors (Lipinski definition) is 0. The van der Waals surface area contributed by atoms with E-state index in [-0.39, 0.29) is 57.1 Å². The highest BCUT2D eigenvalue weighted by atomic mass is 15.1. The summed E-state index contributed by atoms with van der Waals surface area (Å²) in [5.74, 6) is 0.333. The maximum atomic E-state index is 10.2. The van der Waals surface area contributed by atoms with Gasteiger partial charge in [-0.2, -0.15) is 0 Å². The maximum Gasteiger partial charge on any atom is 0.140 e. The van der Waals surface area contributed by atoms with Crippen LogP contribution >= 0.6 is 0 Å². The smallest absolute Gasteiger partial charge is 0.140 e. The Bertz CT molecular complexity index is 4490. The zero-order valence-corrected chi connectivity index (χ0v) is 33.7. The van der Waals surface area contributed by atoms with E-state index in [1.54, 1.807) is 6.07 Å². The summed E-state index contributed by atoms with van der Waals surface area (Å²) < 4.78 is 111. The molecule has 14 rings (SSSR count). The van der Waals surface area contributed by atoms with Gasteiger partial charge in [0.25, 0.3) is 0 Å². The first-order valence-corrected chi connectivity index (χ1v) is 21.0. The number of aromatic nitrogens is 5. The van der Waals surface area contributed by atoms with E-state index in [2.05, 4.69) is 0 Å². The summed E-state index contributed by atoms with van der Waals surface area (Å²) in [4.78, 5) is 5.41. The molecule has 0 aliphatic carbocycles. The minimum atomic E-state index is -0.573. The van der Waals surface area contributed by atoms with Crippen LogP contribution in [-0.4, -0.2) is 23.3 Å². The lowest BCUT2D eigenvalue weighted by atomic mass is 10.0. The molecule has 0 radical (unpaired) electrons. The molecule has 0 atom stereocenters. The fraction of sp³-hybridized carbons (Fsp3) is 0. The minimum absolute atomic E-state index is 0.0220. The first-order valence-electron chi connectivity index (χ1n) is 26.5. The molecule has 64 heavy (non-hydrogen) atoms. The van der Waals surface area contributed by atoms with E-state index in [1.807, 2.05) is 165 Å². The molecule has 0 saturated heterocycles. The van der Waals surface area contributed by atoms with Crippen molar-refractivity contribution in [1.82, 2.24) is 23.3 Å². The summed E-state index contributed by atoms with van der Waals surface area (Å²) in [6.07, 6.45) is 0. The standard InChI is InChI=1S/C59H37N5/c1-9-26-47-39(18-1)40-19-2-10-27-48(40)61(47)55-34-17-35-56(62-49-28-11-3-20-41(49)42-21-4-12-29-50(42)62)59(55)38-36-57(63-51-30-13-5-22-43(51)44-23-6-14-31-52(44)63)60-58(37-38)64-53-32-15-7-24-45(53)46-25-8-16-33-54(46)64/h1-37H/i5D,6D,13D,14D,17D,22D,23D,30D,31D,34D,35D. The molecule has 0 N–H and O–H groups in total. The quantitative estimate of drug-likeness (QED) is 0.170. The molecule has 0 unspecified atom stereocenters. The summed E-state index contributed by atoms with van der Waals surface area (Å²) in [7, 11) is 0. The van der Waals surface area contributed by atoms with E-state index in [4.69, 9.17) is 10.5 Å². The van der Waals surface area contributed by atoms with E-state index in [0.717, 1.165) is 65.4 Å². The van der Waals surface area contributed by atoms with Gasteiger partial charge in [0.15, 0.2) is 0 Å². The molecule has 0 aliphatic rings. The van der Waals surface area contributed by atoms with Gasteiger partial charge < -0.3 is 9.13 Å². The third-order valence-corrected chi connectivity index (χ3v) is 12.6. The third kappa shape index (κ3) is 4.86. The van der Waals surface area contributed by atoms with Gasteiger partial charge in [-0.15, -0.1) is 0 Å². The summed E-state index contributed by atoms with van der Waals surface area (Å²) >= 11 is 0. The van der Waals surface area contributed by atoms with Gasteiger partial charge in [-0.1, -0.05) is 151 Å². The Morgan fingerprint density at radius 1 is 0.297 bits per heavy atom. The van der Waals surface area contributed by atoms with Gasteiger partial charge in [-0.25, -0.2) is 4.98 Å². The van der Waals surface area contributed by atoms with Crippen LogP contribution in [0, 0.1) is 0 Å². The van der Waals surface area contributed by atoms with Crippen LogP contribution < -0.4 is 0 Å². The zero-order chi connectivity index (χ0) is 51.5. The molecule has 5 aromatic heterocycles. The molecular formula is C59H37N5. The Kier molecular flexibility index (Phi) is 5.44. The van der Waals surface area contributed by atoms with Crippen LogP contribution in [0.15, 0.2) is 224 Å². The van der Waals surface area contributed by atoms with Gasteiger partial charge in [0.05, 0.1) is 70.6 Å². The Hall–Kier alpha value is -8.67. The number of pyridine rings is 1. The topological polar surface area (TPSA) is 32.6 Å². The van der Waals surface area contributed by atoms with Crippen molar-refractivity contribution in [2.75, 3.05) is 0 Å². The Labute approximate surface area is 383 Å². The fourth-order valence-electron chi connectivity index (χ4n) is 10.0. The summed E-state index contributed by atoms with van der Waals surface area (Å²) in [5, 5.41) is 5.21. The first-order chi connectivity index (χ1) is 36.4. The van der Waals surface area contributed by atoms with Gasteiger partial charge in [-0.3, -0.25) is 9.13 Å². The molecule has 298 valence electrons. The Morgan fingerprint density at radius 3 is 0.984 bits per heavy atom. The number of para-hydroxylation sites is 8. The van der Waals surface area contributed by atoms with Gasteiger partial charge in [0, 0.05) is 48.7 Å². The molecular weight excluding hydrogens is 779 g/mol. The van der Waals surface area contributed by atoms with Crippen LogP contribution in [0.2, 0.25) is 0 Å². The molecule has 0 aliphatic heterocycles. The molecule has 5 nitrogen and oxygen atoms in total. The van der Waals surface area contributed by atoms with Gasteiger partial charge in [0.2, 0.25) is 0 Å². The molecule has 5 heterocycles. The molecule has 0 spiro atoms. The van der Waals surface area contributed by atoms with Crippen molar-refractivity contribution in [2.45, 2.75) is 0 Å². The maximum absolute atomic E-state index is 10.2. The van der Waals surface area contributed by atoms with Crippen LogP contribution in [0.4, 0.5) is 0 Å². The average molecular weight is 827 g/mol. The van der Waals surface area contributed by atoms with Crippen LogP contribution in [0.25, 0.3) is 121 Å². The summed E-state index contributed by atoms with van der Waals surface area (Å²) in [6.45, 7) is 0. The van der Waals surface area contributed by atoms with Crippen molar-refractivity contribution in [3.63, 3.8) is 0 Å². The van der Waals surface area contributed by atoms with Crippen LogP contribution in [0.5, 0.6) is 0 Å². The predicted octanol–water partition coefficient (Wildman–Crippen LogP) is 15.1. The SMILES string of the molecule is [2H]c1c([2H])c(-n2c3ccccc3c3ccccc32)c(-c2cc(-n3c4ccccc4c4ccccc43)nc(-n3c4c([2H])c([2H])c([2H])c([2H])c4c4c([2H])c([2H])c([2H])c([2H])c43)c2)c(-n2c3ccccc3c3ccccc32)c1[2H]. The lowest BCUT2D eigenvalue weighted by Crippen LogP contribution is -2.07. The van der Waals surface area contributed by atoms with Gasteiger partial charge in [0.1, 0.15) is 11.6 Å². The van der Waals surface area contributed by atoms with Crippen LogP contribution in [0.1, 0.15) is 15.1 Å². The molecule has 5 heteroatoms. The van der Waals surface area contributed by atoms with Crippen molar-refractivity contribution in [3.05, 3.63) is 224 Å². The largest absolute Gasteiger partial charge is 0.309 e. The number of nitrogens with zero attached hydrogens (tertiary/aromatic N) is 5. The normalized spacial score (nSPS) is 14.5. The highest BCUT2D eigenvalue weighted by Crippen LogP contribution is 2.44. The van der Waals surface area contributed by atoms with Crippen molar-refractivity contribution < 1.29 is 15.1 Å². The number of benzene rings is 9. The van der Waals surface area contributed by atoms with Crippen molar-refractivity contribution in [1.29, 1.82) is 0 Å². The van der Waals surface area contributed by atoms with E-state index in [0.29, 0.717) is 16.9 Å². The van der Waals surface area contributed by atoms with Crippen molar-refractivity contribution >= 4 is 87.2 Å². The second-order valence-electron chi connectivity index (χ2n) is 15.9. The van der Waals surface area contributed by atoms with E-state index < -0.39 is 48.3 Å². The molecule has 0 amide bonds. The van der Waals surface area contributed by atoms with Gasteiger partial charge >= 0.3 is 0 Å². The van der Waals surface area contributed by atoms with Gasteiger partial charge in [-0.05, 0) is 78.3 Å². The number of rotatable bonds is 5. The predicted molar refractivity (Wildman–Crippen MR) is 267 cm³/mol. The fourth-order valence-corrected chi connectivity index (χ4v) is 10.0. The lowest BCUT2D eigenvalue weighted by molar-refractivity contribution is 1.01. The third-order valence-electron chi connectivity index (χ3n) is 12.6. The van der Waals surface area contributed by atoms with Crippen LogP contribution in [0.3, 0.4) is 0 Å². The first kappa shape index (κ1) is 26.0. The minimum Gasteiger partial charge on any atom is -0.309 e. The second kappa shape index (κ2) is 13.4. The van der Waals surface area contributed by atoms with Crippen LogP contribution in [-0.2, 0) is 0 Å². The molecule has 9 aromatic carbocycles. The number of fused-ring (bicyclic) bond motifs is 12. The Morgan fingerprint density at radius 2 is 0.609 bits per heavy atom. The van der Waals surface area contributed by atoms with Crippen molar-refractivity contribution in [2.24, 2.45) is 0 Å². The molecule has 14 aromatic rings.